The first-order valence-corrected chi connectivity index (χ1v) is 6.45. The Bertz CT molecular complexity index is 530. The molecule has 1 fully saturated rings. The van der Waals surface area contributed by atoms with Gasteiger partial charge in [-0.1, -0.05) is 12.8 Å². The molecular weight excluding hydrogens is 224 g/mol. The van der Waals surface area contributed by atoms with Crippen LogP contribution in [-0.4, -0.2) is 15.1 Å². The Hall–Kier alpha value is -1.90. The van der Waals surface area contributed by atoms with Crippen LogP contribution in [0.2, 0.25) is 0 Å². The van der Waals surface area contributed by atoms with Gasteiger partial charge in [-0.3, -0.25) is 0 Å². The number of phenols is 1. The highest BCUT2D eigenvalue weighted by Gasteiger charge is 2.18. The molecule has 0 spiro atoms. The minimum Gasteiger partial charge on any atom is -0.508 e. The van der Waals surface area contributed by atoms with E-state index in [0.717, 1.165) is 17.1 Å². The maximum Gasteiger partial charge on any atom is 0.159 e. The molecule has 2 aromatic rings. The number of aromatic nitrogens is 2. The van der Waals surface area contributed by atoms with Crippen molar-refractivity contribution in [2.75, 3.05) is 0 Å². The fourth-order valence-corrected chi connectivity index (χ4v) is 2.57. The molecule has 0 saturated heterocycles. The van der Waals surface area contributed by atoms with Gasteiger partial charge < -0.3 is 5.11 Å². The quantitative estimate of drug-likeness (QED) is 0.873. The first kappa shape index (κ1) is 11.2. The van der Waals surface area contributed by atoms with E-state index < -0.39 is 0 Å². The maximum absolute atomic E-state index is 9.29. The summed E-state index contributed by atoms with van der Waals surface area (Å²) >= 11 is 0. The summed E-state index contributed by atoms with van der Waals surface area (Å²) in [5, 5.41) is 9.29. The van der Waals surface area contributed by atoms with Crippen molar-refractivity contribution < 1.29 is 5.11 Å². The number of benzene rings is 1. The van der Waals surface area contributed by atoms with E-state index >= 15 is 0 Å². The molecule has 3 heteroatoms. The second kappa shape index (κ2) is 4.77. The SMILES string of the molecule is Oc1ccc(-c2nccc(C3CCCC3)n2)cc1. The minimum atomic E-state index is 0.269. The Morgan fingerprint density at radius 3 is 2.44 bits per heavy atom. The van der Waals surface area contributed by atoms with Crippen molar-refractivity contribution in [2.24, 2.45) is 0 Å². The van der Waals surface area contributed by atoms with Crippen molar-refractivity contribution in [1.29, 1.82) is 0 Å². The summed E-state index contributed by atoms with van der Waals surface area (Å²) < 4.78 is 0. The number of hydrogen-bond acceptors (Lipinski definition) is 3. The minimum absolute atomic E-state index is 0.269. The van der Waals surface area contributed by atoms with Gasteiger partial charge in [0.05, 0.1) is 0 Å². The van der Waals surface area contributed by atoms with Gasteiger partial charge in [0.25, 0.3) is 0 Å². The lowest BCUT2D eigenvalue weighted by molar-refractivity contribution is 0.475. The van der Waals surface area contributed by atoms with Crippen LogP contribution < -0.4 is 0 Å². The molecule has 3 nitrogen and oxygen atoms in total. The Morgan fingerprint density at radius 1 is 1.00 bits per heavy atom. The number of aromatic hydroxyl groups is 1. The lowest BCUT2D eigenvalue weighted by Gasteiger charge is -2.09. The summed E-state index contributed by atoms with van der Waals surface area (Å²) in [6, 6.07) is 9.06. The smallest absolute Gasteiger partial charge is 0.159 e. The van der Waals surface area contributed by atoms with E-state index in [4.69, 9.17) is 0 Å². The Morgan fingerprint density at radius 2 is 1.72 bits per heavy atom. The van der Waals surface area contributed by atoms with Crippen molar-refractivity contribution in [3.05, 3.63) is 42.2 Å². The molecule has 1 aliphatic carbocycles. The highest BCUT2D eigenvalue weighted by Crippen LogP contribution is 2.33. The summed E-state index contributed by atoms with van der Waals surface area (Å²) in [5.41, 5.74) is 2.11. The highest BCUT2D eigenvalue weighted by molar-refractivity contribution is 5.56. The first-order valence-electron chi connectivity index (χ1n) is 6.45. The van der Waals surface area contributed by atoms with Crippen LogP contribution in [0.1, 0.15) is 37.3 Å². The molecule has 0 aliphatic heterocycles. The lowest BCUT2D eigenvalue weighted by atomic mass is 10.0. The van der Waals surface area contributed by atoms with Gasteiger partial charge in [0.2, 0.25) is 0 Å². The van der Waals surface area contributed by atoms with Gasteiger partial charge in [0.15, 0.2) is 5.82 Å². The van der Waals surface area contributed by atoms with Crippen molar-refractivity contribution in [2.45, 2.75) is 31.6 Å². The molecule has 1 heterocycles. The molecule has 0 bridgehead atoms. The molecule has 92 valence electrons. The van der Waals surface area contributed by atoms with Gasteiger partial charge in [0, 0.05) is 23.4 Å². The van der Waals surface area contributed by atoms with E-state index in [0.29, 0.717) is 5.92 Å². The zero-order valence-electron chi connectivity index (χ0n) is 10.2. The average molecular weight is 240 g/mol. The molecular formula is C15H16N2O. The Balaban J connectivity index is 1.92. The molecule has 1 aromatic heterocycles. The van der Waals surface area contributed by atoms with Crippen molar-refractivity contribution in [3.8, 4) is 17.1 Å². The molecule has 0 atom stereocenters. The van der Waals surface area contributed by atoms with E-state index in [1.807, 2.05) is 24.4 Å². The van der Waals surface area contributed by atoms with Gasteiger partial charge in [-0.25, -0.2) is 9.97 Å². The monoisotopic (exact) mass is 240 g/mol. The zero-order chi connectivity index (χ0) is 12.4. The molecule has 0 amide bonds. The van der Waals surface area contributed by atoms with Crippen LogP contribution >= 0.6 is 0 Å². The van der Waals surface area contributed by atoms with Crippen LogP contribution in [0.5, 0.6) is 5.75 Å². The Kier molecular flexibility index (Phi) is 2.97. The summed E-state index contributed by atoms with van der Waals surface area (Å²) in [4.78, 5) is 8.98. The lowest BCUT2D eigenvalue weighted by Crippen LogP contribution is -1.99. The van der Waals surface area contributed by atoms with Crippen molar-refractivity contribution in [1.82, 2.24) is 9.97 Å². The molecule has 1 N–H and O–H groups in total. The van der Waals surface area contributed by atoms with Crippen LogP contribution in [0, 0.1) is 0 Å². The van der Waals surface area contributed by atoms with Crippen LogP contribution in [0.15, 0.2) is 36.5 Å². The predicted molar refractivity (Wildman–Crippen MR) is 70.3 cm³/mol. The zero-order valence-corrected chi connectivity index (χ0v) is 10.2. The van der Waals surface area contributed by atoms with Gasteiger partial charge >= 0.3 is 0 Å². The van der Waals surface area contributed by atoms with Crippen LogP contribution in [0.4, 0.5) is 0 Å². The third kappa shape index (κ3) is 2.21. The molecule has 3 rings (SSSR count). The van der Waals surface area contributed by atoms with E-state index in [1.54, 1.807) is 12.1 Å². The van der Waals surface area contributed by atoms with E-state index in [9.17, 15) is 5.11 Å². The van der Waals surface area contributed by atoms with E-state index in [1.165, 1.54) is 25.7 Å². The molecule has 1 aliphatic rings. The number of hydrogen-bond donors (Lipinski definition) is 1. The fourth-order valence-electron chi connectivity index (χ4n) is 2.57. The normalized spacial score (nSPS) is 16.0. The van der Waals surface area contributed by atoms with Gasteiger partial charge in [-0.05, 0) is 43.2 Å². The van der Waals surface area contributed by atoms with Gasteiger partial charge in [-0.15, -0.1) is 0 Å². The molecule has 18 heavy (non-hydrogen) atoms. The Labute approximate surface area is 107 Å². The molecule has 0 radical (unpaired) electrons. The first-order chi connectivity index (χ1) is 8.83. The van der Waals surface area contributed by atoms with E-state index in [-0.39, 0.29) is 5.75 Å². The molecule has 1 saturated carbocycles. The van der Waals surface area contributed by atoms with Gasteiger partial charge in [0.1, 0.15) is 5.75 Å². The molecule has 1 aromatic carbocycles. The predicted octanol–water partition coefficient (Wildman–Crippen LogP) is 3.51. The number of phenolic OH excluding ortho intramolecular Hbond substituents is 1. The van der Waals surface area contributed by atoms with Crippen molar-refractivity contribution >= 4 is 0 Å². The second-order valence-electron chi connectivity index (χ2n) is 4.83. The largest absolute Gasteiger partial charge is 0.508 e. The standard InChI is InChI=1S/C15H16N2O/c18-13-7-5-12(6-8-13)15-16-10-9-14(17-15)11-3-1-2-4-11/h5-11,18H,1-4H2. The van der Waals surface area contributed by atoms with Crippen LogP contribution in [0.3, 0.4) is 0 Å². The summed E-state index contributed by atoms with van der Waals surface area (Å²) in [7, 11) is 0. The summed E-state index contributed by atoms with van der Waals surface area (Å²) in [6.07, 6.45) is 6.94. The van der Waals surface area contributed by atoms with Gasteiger partial charge in [-0.2, -0.15) is 0 Å². The van der Waals surface area contributed by atoms with Crippen LogP contribution in [0.25, 0.3) is 11.4 Å². The maximum atomic E-state index is 9.29. The average Bonchev–Trinajstić information content (AvgIpc) is 2.94. The second-order valence-corrected chi connectivity index (χ2v) is 4.83. The van der Waals surface area contributed by atoms with E-state index in [2.05, 4.69) is 9.97 Å². The summed E-state index contributed by atoms with van der Waals surface area (Å²) in [5.74, 6) is 1.62. The number of rotatable bonds is 2. The van der Waals surface area contributed by atoms with Crippen LogP contribution in [-0.2, 0) is 0 Å². The number of nitrogens with zero attached hydrogens (tertiary/aromatic N) is 2. The van der Waals surface area contributed by atoms with Crippen molar-refractivity contribution in [3.63, 3.8) is 0 Å². The molecule has 0 unspecified atom stereocenters. The third-order valence-electron chi connectivity index (χ3n) is 3.58. The summed E-state index contributed by atoms with van der Waals surface area (Å²) in [6.45, 7) is 0. The highest BCUT2D eigenvalue weighted by atomic mass is 16.3. The fraction of sp³-hybridized carbons (Fsp3) is 0.333. The topological polar surface area (TPSA) is 46.0 Å². The third-order valence-corrected chi connectivity index (χ3v) is 3.58.